The summed E-state index contributed by atoms with van der Waals surface area (Å²) in [5.74, 6) is -0.872. The lowest BCUT2D eigenvalue weighted by Crippen LogP contribution is -2.27. The monoisotopic (exact) mass is 432 g/mol. The van der Waals surface area contributed by atoms with Crippen LogP contribution in [-0.4, -0.2) is 31.7 Å². The third-order valence-corrected chi connectivity index (χ3v) is 7.80. The fourth-order valence-corrected chi connectivity index (χ4v) is 5.66. The first-order valence-electron chi connectivity index (χ1n) is 9.34. The maximum atomic E-state index is 12.9. The van der Waals surface area contributed by atoms with E-state index in [2.05, 4.69) is 10.6 Å². The summed E-state index contributed by atoms with van der Waals surface area (Å²) in [7, 11) is -3.70. The Bertz CT molecular complexity index is 1040. The van der Waals surface area contributed by atoms with Crippen LogP contribution in [0.3, 0.4) is 0 Å². The average Bonchev–Trinajstić information content (AvgIpc) is 2.84. The van der Waals surface area contributed by atoms with Crippen molar-refractivity contribution < 1.29 is 18.0 Å². The number of benzene rings is 2. The van der Waals surface area contributed by atoms with E-state index in [1.54, 1.807) is 13.0 Å². The third kappa shape index (κ3) is 5.00. The standard InChI is InChI=1S/C21H24N2O4S2/c1-13-5-4-6-14(2)20(13)23-21(25)15(3)12-29(26,27)16-7-8-18-17(11-16)22-19(24)9-10-28-18/h4-8,11,15H,9-10,12H2,1-3H3,(H,22,24)(H,23,25). The van der Waals surface area contributed by atoms with Crippen LogP contribution in [0.2, 0.25) is 0 Å². The highest BCUT2D eigenvalue weighted by molar-refractivity contribution is 7.99. The first-order chi connectivity index (χ1) is 13.7. The van der Waals surface area contributed by atoms with Gasteiger partial charge in [-0.3, -0.25) is 9.59 Å². The molecule has 2 aromatic rings. The summed E-state index contributed by atoms with van der Waals surface area (Å²) in [5, 5.41) is 5.61. The summed E-state index contributed by atoms with van der Waals surface area (Å²) in [5.41, 5.74) is 3.07. The highest BCUT2D eigenvalue weighted by Gasteiger charge is 2.25. The number of nitrogens with one attached hydrogen (secondary N) is 2. The topological polar surface area (TPSA) is 92.3 Å². The molecule has 2 aromatic carbocycles. The summed E-state index contributed by atoms with van der Waals surface area (Å²) in [6.45, 7) is 5.39. The molecule has 154 valence electrons. The second-order valence-corrected chi connectivity index (χ2v) is 10.4. The highest BCUT2D eigenvalue weighted by Crippen LogP contribution is 2.33. The largest absolute Gasteiger partial charge is 0.325 e. The fraction of sp³-hybridized carbons (Fsp3) is 0.333. The number of carbonyl (C=O) groups excluding carboxylic acids is 2. The molecule has 29 heavy (non-hydrogen) atoms. The predicted octanol–water partition coefficient (Wildman–Crippen LogP) is 3.79. The van der Waals surface area contributed by atoms with Crippen LogP contribution in [0.4, 0.5) is 11.4 Å². The van der Waals surface area contributed by atoms with Gasteiger partial charge in [-0.1, -0.05) is 25.1 Å². The Balaban J connectivity index is 1.76. The van der Waals surface area contributed by atoms with Gasteiger partial charge in [0.15, 0.2) is 9.84 Å². The summed E-state index contributed by atoms with van der Waals surface area (Å²) in [4.78, 5) is 25.3. The van der Waals surface area contributed by atoms with Crippen molar-refractivity contribution in [3.8, 4) is 0 Å². The van der Waals surface area contributed by atoms with Crippen molar-refractivity contribution in [1.82, 2.24) is 0 Å². The zero-order chi connectivity index (χ0) is 21.2. The van der Waals surface area contributed by atoms with Crippen molar-refractivity contribution >= 4 is 44.8 Å². The van der Waals surface area contributed by atoms with Gasteiger partial charge in [0.25, 0.3) is 0 Å². The molecule has 1 aliphatic heterocycles. The molecule has 1 atom stereocenters. The number of aryl methyl sites for hydroxylation is 2. The molecule has 3 rings (SSSR count). The van der Waals surface area contributed by atoms with Crippen molar-refractivity contribution in [2.75, 3.05) is 22.1 Å². The summed E-state index contributed by atoms with van der Waals surface area (Å²) in [6, 6.07) is 10.4. The molecule has 0 radical (unpaired) electrons. The van der Waals surface area contributed by atoms with Gasteiger partial charge in [0.1, 0.15) is 0 Å². The van der Waals surface area contributed by atoms with Gasteiger partial charge in [0, 0.05) is 28.7 Å². The molecule has 0 saturated carbocycles. The molecule has 0 spiro atoms. The Labute approximate surface area is 175 Å². The van der Waals surface area contributed by atoms with Gasteiger partial charge in [-0.2, -0.15) is 0 Å². The molecule has 1 heterocycles. The average molecular weight is 433 g/mol. The summed E-state index contributed by atoms with van der Waals surface area (Å²) >= 11 is 1.51. The number of carbonyl (C=O) groups is 2. The summed E-state index contributed by atoms with van der Waals surface area (Å²) in [6.07, 6.45) is 0.386. The molecule has 1 unspecified atom stereocenters. The van der Waals surface area contributed by atoms with Crippen LogP contribution in [-0.2, 0) is 19.4 Å². The Morgan fingerprint density at radius 1 is 1.21 bits per heavy atom. The quantitative estimate of drug-likeness (QED) is 0.750. The maximum Gasteiger partial charge on any atom is 0.228 e. The normalized spacial score (nSPS) is 15.1. The molecule has 8 heteroatoms. The molecule has 2 amide bonds. The van der Waals surface area contributed by atoms with Gasteiger partial charge in [-0.15, -0.1) is 11.8 Å². The van der Waals surface area contributed by atoms with E-state index in [-0.39, 0.29) is 22.5 Å². The van der Waals surface area contributed by atoms with Crippen LogP contribution >= 0.6 is 11.8 Å². The molecular weight excluding hydrogens is 408 g/mol. The van der Waals surface area contributed by atoms with E-state index >= 15 is 0 Å². The lowest BCUT2D eigenvalue weighted by molar-refractivity contribution is -0.119. The van der Waals surface area contributed by atoms with Crippen molar-refractivity contribution in [1.29, 1.82) is 0 Å². The third-order valence-electron chi connectivity index (χ3n) is 4.82. The van der Waals surface area contributed by atoms with Crippen molar-refractivity contribution in [2.45, 2.75) is 37.0 Å². The number of hydrogen-bond donors (Lipinski definition) is 2. The van der Waals surface area contributed by atoms with Gasteiger partial charge in [-0.05, 0) is 43.2 Å². The van der Waals surface area contributed by atoms with Crippen molar-refractivity contribution in [2.24, 2.45) is 5.92 Å². The SMILES string of the molecule is Cc1cccc(C)c1NC(=O)C(C)CS(=O)(=O)c1ccc2c(c1)NC(=O)CCS2. The Kier molecular flexibility index (Phi) is 6.33. The number of sulfone groups is 1. The van der Waals surface area contributed by atoms with Gasteiger partial charge < -0.3 is 10.6 Å². The molecule has 0 aromatic heterocycles. The van der Waals surface area contributed by atoms with Gasteiger partial charge in [0.2, 0.25) is 11.8 Å². The zero-order valence-electron chi connectivity index (χ0n) is 16.6. The van der Waals surface area contributed by atoms with Crippen LogP contribution in [0.15, 0.2) is 46.2 Å². The minimum atomic E-state index is -3.70. The predicted molar refractivity (Wildman–Crippen MR) is 116 cm³/mol. The number of rotatable bonds is 5. The Hall–Kier alpha value is -2.32. The van der Waals surface area contributed by atoms with E-state index in [4.69, 9.17) is 0 Å². The van der Waals surface area contributed by atoms with E-state index in [1.165, 1.54) is 23.9 Å². The van der Waals surface area contributed by atoms with E-state index in [0.717, 1.165) is 16.0 Å². The molecule has 1 aliphatic rings. The highest BCUT2D eigenvalue weighted by atomic mass is 32.2. The van der Waals surface area contributed by atoms with Crippen molar-refractivity contribution in [3.63, 3.8) is 0 Å². The number of amides is 2. The molecule has 0 fully saturated rings. The van der Waals surface area contributed by atoms with Crippen LogP contribution < -0.4 is 10.6 Å². The van der Waals surface area contributed by atoms with E-state index in [9.17, 15) is 18.0 Å². The number of hydrogen-bond acceptors (Lipinski definition) is 5. The fourth-order valence-electron chi connectivity index (χ4n) is 3.15. The van der Waals surface area contributed by atoms with Gasteiger partial charge >= 0.3 is 0 Å². The molecule has 6 nitrogen and oxygen atoms in total. The second-order valence-electron chi connectivity index (χ2n) is 7.24. The molecule has 0 aliphatic carbocycles. The Morgan fingerprint density at radius 3 is 2.59 bits per heavy atom. The lowest BCUT2D eigenvalue weighted by Gasteiger charge is -2.16. The van der Waals surface area contributed by atoms with E-state index in [0.29, 0.717) is 23.5 Å². The first kappa shape index (κ1) is 21.4. The van der Waals surface area contributed by atoms with Crippen LogP contribution in [0.1, 0.15) is 24.5 Å². The molecule has 2 N–H and O–H groups in total. The number of para-hydroxylation sites is 1. The van der Waals surface area contributed by atoms with Gasteiger partial charge in [0.05, 0.1) is 16.3 Å². The van der Waals surface area contributed by atoms with Gasteiger partial charge in [-0.25, -0.2) is 8.42 Å². The smallest absolute Gasteiger partial charge is 0.228 e. The Morgan fingerprint density at radius 2 is 1.90 bits per heavy atom. The molecular formula is C21H24N2O4S2. The number of anilines is 2. The van der Waals surface area contributed by atoms with Crippen molar-refractivity contribution in [3.05, 3.63) is 47.5 Å². The number of thioether (sulfide) groups is 1. The maximum absolute atomic E-state index is 12.9. The molecule has 0 saturated heterocycles. The van der Waals surface area contributed by atoms with Crippen LogP contribution in [0, 0.1) is 19.8 Å². The molecule has 0 bridgehead atoms. The second kappa shape index (κ2) is 8.59. The summed E-state index contributed by atoms with van der Waals surface area (Å²) < 4.78 is 25.8. The minimum Gasteiger partial charge on any atom is -0.325 e. The zero-order valence-corrected chi connectivity index (χ0v) is 18.2. The van der Waals surface area contributed by atoms with E-state index in [1.807, 2.05) is 32.0 Å². The van der Waals surface area contributed by atoms with Crippen LogP contribution in [0.25, 0.3) is 0 Å². The minimum absolute atomic E-state index is 0.103. The number of fused-ring (bicyclic) bond motifs is 1. The first-order valence-corrected chi connectivity index (χ1v) is 12.0. The lowest BCUT2D eigenvalue weighted by atomic mass is 10.1. The van der Waals surface area contributed by atoms with E-state index < -0.39 is 15.8 Å². The van der Waals surface area contributed by atoms with Crippen LogP contribution in [0.5, 0.6) is 0 Å².